The van der Waals surface area contributed by atoms with Gasteiger partial charge in [-0.05, 0) is 48.7 Å². The van der Waals surface area contributed by atoms with E-state index in [4.69, 9.17) is 32.7 Å². The SMILES string of the molecule is CC(C)C1OC(=O)Nc2ccc(OCCCS(=O)c3ccc(Cl)c(Cl)c3)cc21. The van der Waals surface area contributed by atoms with E-state index in [-0.39, 0.29) is 12.0 Å². The van der Waals surface area contributed by atoms with Gasteiger partial charge in [0.2, 0.25) is 0 Å². The number of cyclic esters (lactones) is 1. The Balaban J connectivity index is 1.56. The predicted octanol–water partition coefficient (Wildman–Crippen LogP) is 5.83. The summed E-state index contributed by atoms with van der Waals surface area (Å²) in [7, 11) is -1.17. The van der Waals surface area contributed by atoms with E-state index in [0.29, 0.717) is 39.5 Å². The van der Waals surface area contributed by atoms with Gasteiger partial charge in [0.1, 0.15) is 11.9 Å². The molecule has 1 aliphatic rings. The topological polar surface area (TPSA) is 64.6 Å². The molecule has 0 saturated heterocycles. The van der Waals surface area contributed by atoms with Crippen molar-refractivity contribution in [2.24, 2.45) is 5.92 Å². The summed E-state index contributed by atoms with van der Waals surface area (Å²) in [4.78, 5) is 12.3. The first-order valence-electron chi connectivity index (χ1n) is 8.93. The minimum atomic E-state index is -1.17. The molecule has 2 unspecified atom stereocenters. The van der Waals surface area contributed by atoms with Crippen LogP contribution in [0.3, 0.4) is 0 Å². The Labute approximate surface area is 176 Å². The van der Waals surface area contributed by atoms with Crippen LogP contribution in [0, 0.1) is 5.92 Å². The maximum atomic E-state index is 12.4. The van der Waals surface area contributed by atoms with Gasteiger partial charge in [-0.2, -0.15) is 0 Å². The van der Waals surface area contributed by atoms with Gasteiger partial charge in [0.15, 0.2) is 0 Å². The first-order chi connectivity index (χ1) is 13.3. The first-order valence-corrected chi connectivity index (χ1v) is 11.0. The van der Waals surface area contributed by atoms with Gasteiger partial charge >= 0.3 is 6.09 Å². The van der Waals surface area contributed by atoms with Gasteiger partial charge in [0.25, 0.3) is 0 Å². The molecule has 150 valence electrons. The minimum absolute atomic E-state index is 0.147. The van der Waals surface area contributed by atoms with Crippen LogP contribution in [-0.4, -0.2) is 22.7 Å². The summed E-state index contributed by atoms with van der Waals surface area (Å²) < 4.78 is 23.6. The largest absolute Gasteiger partial charge is 0.494 e. The second-order valence-electron chi connectivity index (χ2n) is 6.77. The number of amides is 1. The Hall–Kier alpha value is -1.76. The summed E-state index contributed by atoms with van der Waals surface area (Å²) in [6.45, 7) is 4.42. The highest BCUT2D eigenvalue weighted by Crippen LogP contribution is 2.37. The maximum absolute atomic E-state index is 12.4. The molecule has 1 aliphatic heterocycles. The van der Waals surface area contributed by atoms with Crippen LogP contribution in [0.5, 0.6) is 5.75 Å². The van der Waals surface area contributed by atoms with E-state index in [1.54, 1.807) is 24.3 Å². The lowest BCUT2D eigenvalue weighted by Crippen LogP contribution is -2.27. The molecule has 0 aromatic heterocycles. The molecule has 1 N–H and O–H groups in total. The Kier molecular flexibility index (Phi) is 6.86. The molecule has 0 aliphatic carbocycles. The third-order valence-corrected chi connectivity index (χ3v) is 6.48. The van der Waals surface area contributed by atoms with Crippen molar-refractivity contribution in [2.45, 2.75) is 31.3 Å². The van der Waals surface area contributed by atoms with E-state index in [1.165, 1.54) is 0 Å². The van der Waals surface area contributed by atoms with E-state index in [2.05, 4.69) is 5.32 Å². The molecule has 2 atom stereocenters. The van der Waals surface area contributed by atoms with Crippen LogP contribution in [0.25, 0.3) is 0 Å². The molecule has 5 nitrogen and oxygen atoms in total. The molecule has 3 rings (SSSR count). The molecular weight excluding hydrogens is 421 g/mol. The van der Waals surface area contributed by atoms with Gasteiger partial charge in [-0.25, -0.2) is 4.79 Å². The minimum Gasteiger partial charge on any atom is -0.494 e. The van der Waals surface area contributed by atoms with Crippen molar-refractivity contribution in [3.8, 4) is 5.75 Å². The zero-order valence-corrected chi connectivity index (χ0v) is 17.9. The molecule has 2 aromatic carbocycles. The van der Waals surface area contributed by atoms with Crippen LogP contribution in [0.15, 0.2) is 41.3 Å². The number of halogens is 2. The van der Waals surface area contributed by atoms with Crippen molar-refractivity contribution in [1.29, 1.82) is 0 Å². The van der Waals surface area contributed by atoms with Crippen LogP contribution < -0.4 is 10.1 Å². The highest BCUT2D eigenvalue weighted by atomic mass is 35.5. The van der Waals surface area contributed by atoms with E-state index in [1.807, 2.05) is 26.0 Å². The van der Waals surface area contributed by atoms with Crippen molar-refractivity contribution in [1.82, 2.24) is 0 Å². The number of benzene rings is 2. The van der Waals surface area contributed by atoms with E-state index < -0.39 is 16.9 Å². The molecule has 0 radical (unpaired) electrons. The van der Waals surface area contributed by atoms with E-state index >= 15 is 0 Å². The number of carbonyl (C=O) groups excluding carboxylic acids is 1. The first kappa shape index (κ1) is 21.0. The number of ether oxygens (including phenoxy) is 2. The van der Waals surface area contributed by atoms with Crippen LogP contribution in [0.4, 0.5) is 10.5 Å². The van der Waals surface area contributed by atoms with Crippen molar-refractivity contribution in [3.05, 3.63) is 52.0 Å². The maximum Gasteiger partial charge on any atom is 0.412 e. The van der Waals surface area contributed by atoms with Gasteiger partial charge < -0.3 is 9.47 Å². The Bertz CT molecular complexity index is 904. The van der Waals surface area contributed by atoms with Crippen LogP contribution >= 0.6 is 23.2 Å². The van der Waals surface area contributed by atoms with Crippen molar-refractivity contribution < 1.29 is 18.5 Å². The summed E-state index contributed by atoms with van der Waals surface area (Å²) in [5, 5.41) is 3.54. The van der Waals surface area contributed by atoms with Gasteiger partial charge in [-0.15, -0.1) is 0 Å². The smallest absolute Gasteiger partial charge is 0.412 e. The fraction of sp³-hybridized carbons (Fsp3) is 0.350. The zero-order chi connectivity index (χ0) is 20.3. The molecule has 1 amide bonds. The zero-order valence-electron chi connectivity index (χ0n) is 15.5. The average molecular weight is 442 g/mol. The molecule has 0 spiro atoms. The lowest BCUT2D eigenvalue weighted by molar-refractivity contribution is 0.0774. The Morgan fingerprint density at radius 3 is 2.68 bits per heavy atom. The van der Waals surface area contributed by atoms with Crippen LogP contribution in [0.1, 0.15) is 31.9 Å². The second kappa shape index (κ2) is 9.16. The number of anilines is 1. The Morgan fingerprint density at radius 1 is 1.18 bits per heavy atom. The number of hydrogen-bond acceptors (Lipinski definition) is 4. The molecular formula is C20H21Cl2NO4S. The molecule has 28 heavy (non-hydrogen) atoms. The second-order valence-corrected chi connectivity index (χ2v) is 9.16. The summed E-state index contributed by atoms with van der Waals surface area (Å²) in [6, 6.07) is 10.5. The standard InChI is InChI=1S/C20H21Cl2NO4S/c1-12(2)19-15-10-13(4-7-18(15)23-20(24)27-19)26-8-3-9-28(25)14-5-6-16(21)17(22)11-14/h4-7,10-12,19H,3,8-9H2,1-2H3,(H,23,24). The summed E-state index contributed by atoms with van der Waals surface area (Å²) >= 11 is 11.9. The number of fused-ring (bicyclic) bond motifs is 1. The lowest BCUT2D eigenvalue weighted by atomic mass is 9.96. The monoisotopic (exact) mass is 441 g/mol. The lowest BCUT2D eigenvalue weighted by Gasteiger charge is -2.29. The highest BCUT2D eigenvalue weighted by molar-refractivity contribution is 7.85. The summed E-state index contributed by atoms with van der Waals surface area (Å²) in [5.41, 5.74) is 1.63. The number of rotatable bonds is 7. The predicted molar refractivity (Wildman–Crippen MR) is 112 cm³/mol. The normalized spacial score (nSPS) is 16.9. The molecule has 2 aromatic rings. The average Bonchev–Trinajstić information content (AvgIpc) is 2.66. The molecule has 8 heteroatoms. The fourth-order valence-electron chi connectivity index (χ4n) is 2.91. The molecule has 1 heterocycles. The summed E-state index contributed by atoms with van der Waals surface area (Å²) in [6.07, 6.45) is -0.135. The third kappa shape index (κ3) is 4.99. The molecule has 0 bridgehead atoms. The number of carbonyl (C=O) groups is 1. The Morgan fingerprint density at radius 2 is 1.96 bits per heavy atom. The van der Waals surface area contributed by atoms with E-state index in [0.717, 1.165) is 11.3 Å². The third-order valence-electron chi connectivity index (χ3n) is 4.30. The van der Waals surface area contributed by atoms with Crippen molar-refractivity contribution >= 4 is 45.8 Å². The number of hydrogen-bond donors (Lipinski definition) is 1. The molecule has 0 saturated carbocycles. The highest BCUT2D eigenvalue weighted by Gasteiger charge is 2.29. The van der Waals surface area contributed by atoms with Gasteiger partial charge in [-0.1, -0.05) is 37.0 Å². The number of nitrogens with one attached hydrogen (secondary N) is 1. The summed E-state index contributed by atoms with van der Waals surface area (Å²) in [5.74, 6) is 1.29. The van der Waals surface area contributed by atoms with E-state index in [9.17, 15) is 9.00 Å². The fourth-order valence-corrected chi connectivity index (χ4v) is 4.36. The quantitative estimate of drug-likeness (QED) is 0.548. The van der Waals surface area contributed by atoms with Crippen LogP contribution in [0.2, 0.25) is 10.0 Å². The van der Waals surface area contributed by atoms with Crippen LogP contribution in [-0.2, 0) is 15.5 Å². The van der Waals surface area contributed by atoms with Crippen molar-refractivity contribution in [3.63, 3.8) is 0 Å². The molecule has 0 fully saturated rings. The van der Waals surface area contributed by atoms with Crippen molar-refractivity contribution in [2.75, 3.05) is 17.7 Å². The van der Waals surface area contributed by atoms with Gasteiger partial charge in [0, 0.05) is 16.2 Å². The van der Waals surface area contributed by atoms with Gasteiger partial charge in [-0.3, -0.25) is 9.53 Å². The van der Waals surface area contributed by atoms with Gasteiger partial charge in [0.05, 0.1) is 33.1 Å².